The van der Waals surface area contributed by atoms with E-state index in [1.807, 2.05) is 0 Å². The third-order valence-electron chi connectivity index (χ3n) is 8.09. The van der Waals surface area contributed by atoms with Crippen molar-refractivity contribution in [2.75, 3.05) is 0 Å². The van der Waals surface area contributed by atoms with Crippen LogP contribution in [0.25, 0.3) is 0 Å². The molecule has 2 nitrogen and oxygen atoms in total. The van der Waals surface area contributed by atoms with Gasteiger partial charge in [0.15, 0.2) is 0 Å². The summed E-state index contributed by atoms with van der Waals surface area (Å²) in [7, 11) is 0. The quantitative estimate of drug-likeness (QED) is 0.670. The molecule has 0 bridgehead atoms. The molecule has 116 valence electrons. The minimum absolute atomic E-state index is 0.0470. The van der Waals surface area contributed by atoms with Gasteiger partial charge in [0.05, 0.1) is 0 Å². The molecular weight excluding hydrogens is 260 g/mol. The average Bonchev–Trinajstić information content (AvgIpc) is 2.85. The molecule has 2 heteroatoms. The topological polar surface area (TPSA) is 34.1 Å². The average molecular weight is 288 g/mol. The van der Waals surface area contributed by atoms with Gasteiger partial charge in [-0.05, 0) is 61.7 Å². The second-order valence-corrected chi connectivity index (χ2v) is 8.76. The van der Waals surface area contributed by atoms with E-state index >= 15 is 0 Å². The maximum Gasteiger partial charge on any atom is 0.140 e. The normalized spacial score (nSPS) is 53.0. The van der Waals surface area contributed by atoms with E-state index in [9.17, 15) is 9.59 Å². The van der Waals surface area contributed by atoms with Crippen LogP contribution in [-0.4, -0.2) is 11.6 Å². The molecule has 0 aromatic carbocycles. The zero-order chi connectivity index (χ0) is 14.8. The predicted molar refractivity (Wildman–Crippen MR) is 81.7 cm³/mol. The zero-order valence-electron chi connectivity index (χ0n) is 13.5. The van der Waals surface area contributed by atoms with Gasteiger partial charge < -0.3 is 0 Å². The molecule has 0 saturated heterocycles. The highest BCUT2D eigenvalue weighted by atomic mass is 16.1. The summed E-state index contributed by atoms with van der Waals surface area (Å²) in [4.78, 5) is 25.2. The van der Waals surface area contributed by atoms with Gasteiger partial charge in [0.1, 0.15) is 11.6 Å². The lowest BCUT2D eigenvalue weighted by Crippen LogP contribution is -2.57. The van der Waals surface area contributed by atoms with Crippen molar-refractivity contribution in [1.29, 1.82) is 0 Å². The molecule has 4 fully saturated rings. The Hall–Kier alpha value is -0.660. The summed E-state index contributed by atoms with van der Waals surface area (Å²) in [6.07, 6.45) is 9.78. The van der Waals surface area contributed by atoms with E-state index in [0.29, 0.717) is 41.7 Å². The van der Waals surface area contributed by atoms with Crippen LogP contribution in [0.1, 0.15) is 71.6 Å². The van der Waals surface area contributed by atoms with Crippen LogP contribution < -0.4 is 0 Å². The lowest BCUT2D eigenvalue weighted by atomic mass is 9.45. The van der Waals surface area contributed by atoms with Gasteiger partial charge in [0, 0.05) is 24.2 Å². The van der Waals surface area contributed by atoms with E-state index in [1.165, 1.54) is 38.5 Å². The summed E-state index contributed by atoms with van der Waals surface area (Å²) in [5.41, 5.74) is 0.217. The fraction of sp³-hybridized carbons (Fsp3) is 0.895. The molecule has 0 aliphatic heterocycles. The number of hydrogen-bond acceptors (Lipinski definition) is 2. The molecule has 4 aliphatic carbocycles. The Morgan fingerprint density at radius 2 is 1.71 bits per heavy atom. The Morgan fingerprint density at radius 1 is 0.905 bits per heavy atom. The Labute approximate surface area is 128 Å². The number of Topliss-reactive ketones (excluding diaryl/α,β-unsaturated/α-hetero) is 2. The first kappa shape index (κ1) is 14.0. The van der Waals surface area contributed by atoms with Crippen molar-refractivity contribution in [3.8, 4) is 0 Å². The minimum atomic E-state index is -0.317. The van der Waals surface area contributed by atoms with Gasteiger partial charge in [-0.25, -0.2) is 0 Å². The van der Waals surface area contributed by atoms with Crippen molar-refractivity contribution in [3.63, 3.8) is 0 Å². The number of fused-ring (bicyclic) bond motifs is 5. The molecule has 21 heavy (non-hydrogen) atoms. The van der Waals surface area contributed by atoms with Crippen molar-refractivity contribution >= 4 is 11.6 Å². The van der Waals surface area contributed by atoms with Crippen LogP contribution in [0.4, 0.5) is 0 Å². The summed E-state index contributed by atoms with van der Waals surface area (Å²) >= 11 is 0. The summed E-state index contributed by atoms with van der Waals surface area (Å²) < 4.78 is 0. The second-order valence-electron chi connectivity index (χ2n) is 8.76. The highest BCUT2D eigenvalue weighted by molar-refractivity contribution is 5.99. The van der Waals surface area contributed by atoms with Crippen LogP contribution in [0.5, 0.6) is 0 Å². The van der Waals surface area contributed by atoms with E-state index in [1.54, 1.807) is 0 Å². The molecule has 4 aliphatic rings. The highest BCUT2D eigenvalue weighted by Crippen LogP contribution is 2.64. The molecule has 0 radical (unpaired) electrons. The molecular formula is C19H28O2. The van der Waals surface area contributed by atoms with Crippen molar-refractivity contribution in [1.82, 2.24) is 0 Å². The van der Waals surface area contributed by atoms with Crippen molar-refractivity contribution < 1.29 is 9.59 Å². The summed E-state index contributed by atoms with van der Waals surface area (Å²) in [5, 5.41) is 0. The predicted octanol–water partition coefficient (Wildman–Crippen LogP) is 4.17. The standard InChI is InChI=1S/C19H28O2/c1-18-10-3-4-13(18)12-5-6-15-16(20)7-8-17(21)19(15,2)14(12)9-11-18/h12-15H,3-11H2,1-2H3/t12-,13-,14-,15?,18-,19+/m0/s1. The SMILES string of the molecule is C[C@@]12CCC[C@H]1[C@@H]1CCC3C(=O)CCC(=O)[C@]3(C)[C@H]1CC2. The molecule has 4 saturated carbocycles. The molecule has 0 aromatic heterocycles. The molecule has 6 atom stereocenters. The minimum Gasteiger partial charge on any atom is -0.299 e. The van der Waals surface area contributed by atoms with E-state index in [-0.39, 0.29) is 11.3 Å². The van der Waals surface area contributed by atoms with Crippen molar-refractivity contribution in [2.24, 2.45) is 34.5 Å². The molecule has 1 unspecified atom stereocenters. The smallest absolute Gasteiger partial charge is 0.140 e. The summed E-state index contributed by atoms with van der Waals surface area (Å²) in [6.45, 7) is 4.65. The van der Waals surface area contributed by atoms with E-state index in [2.05, 4.69) is 13.8 Å². The Kier molecular flexibility index (Phi) is 2.94. The third-order valence-corrected chi connectivity index (χ3v) is 8.09. The van der Waals surface area contributed by atoms with Crippen LogP contribution in [0.15, 0.2) is 0 Å². The second kappa shape index (κ2) is 4.43. The number of hydrogen-bond donors (Lipinski definition) is 0. The first-order valence-corrected chi connectivity index (χ1v) is 9.03. The van der Waals surface area contributed by atoms with E-state index in [4.69, 9.17) is 0 Å². The zero-order valence-corrected chi connectivity index (χ0v) is 13.5. The van der Waals surface area contributed by atoms with Crippen LogP contribution >= 0.6 is 0 Å². The first-order valence-electron chi connectivity index (χ1n) is 9.03. The molecule has 0 amide bonds. The number of carbonyl (C=O) groups is 2. The fourth-order valence-corrected chi connectivity index (χ4v) is 6.92. The van der Waals surface area contributed by atoms with Gasteiger partial charge in [-0.2, -0.15) is 0 Å². The molecule has 4 rings (SSSR count). The summed E-state index contributed by atoms with van der Waals surface area (Å²) in [5.74, 6) is 2.86. The maximum atomic E-state index is 12.8. The third kappa shape index (κ3) is 1.71. The number of ketones is 2. The van der Waals surface area contributed by atoms with E-state index in [0.717, 1.165) is 12.3 Å². The van der Waals surface area contributed by atoms with E-state index < -0.39 is 0 Å². The van der Waals surface area contributed by atoms with Gasteiger partial charge in [0.2, 0.25) is 0 Å². The Bertz CT molecular complexity index is 496. The van der Waals surface area contributed by atoms with Crippen molar-refractivity contribution in [3.05, 3.63) is 0 Å². The fourth-order valence-electron chi connectivity index (χ4n) is 6.92. The monoisotopic (exact) mass is 288 g/mol. The van der Waals surface area contributed by atoms with Gasteiger partial charge in [-0.15, -0.1) is 0 Å². The summed E-state index contributed by atoms with van der Waals surface area (Å²) in [6, 6.07) is 0. The van der Waals surface area contributed by atoms with Gasteiger partial charge in [0.25, 0.3) is 0 Å². The largest absolute Gasteiger partial charge is 0.299 e. The molecule has 0 aromatic rings. The lowest BCUT2D eigenvalue weighted by molar-refractivity contribution is -0.162. The van der Waals surface area contributed by atoms with Gasteiger partial charge in [-0.1, -0.05) is 20.3 Å². The highest BCUT2D eigenvalue weighted by Gasteiger charge is 2.61. The molecule has 0 heterocycles. The van der Waals surface area contributed by atoms with Gasteiger partial charge in [-0.3, -0.25) is 9.59 Å². The van der Waals surface area contributed by atoms with Crippen LogP contribution in [0.3, 0.4) is 0 Å². The maximum absolute atomic E-state index is 12.8. The van der Waals surface area contributed by atoms with Gasteiger partial charge >= 0.3 is 0 Å². The van der Waals surface area contributed by atoms with Crippen LogP contribution in [-0.2, 0) is 9.59 Å². The van der Waals surface area contributed by atoms with Crippen LogP contribution in [0.2, 0.25) is 0 Å². The lowest BCUT2D eigenvalue weighted by Gasteiger charge is -2.58. The number of rotatable bonds is 0. The van der Waals surface area contributed by atoms with Crippen LogP contribution in [0, 0.1) is 34.5 Å². The Balaban J connectivity index is 1.72. The number of carbonyl (C=O) groups excluding carboxylic acids is 2. The Morgan fingerprint density at radius 3 is 2.52 bits per heavy atom. The molecule has 0 N–H and O–H groups in total. The molecule has 0 spiro atoms. The van der Waals surface area contributed by atoms with Crippen molar-refractivity contribution in [2.45, 2.75) is 71.6 Å². The first-order chi connectivity index (χ1) is 9.97.